The van der Waals surface area contributed by atoms with E-state index in [1.54, 1.807) is 0 Å². The zero-order valence-electron chi connectivity index (χ0n) is 15.1. The van der Waals surface area contributed by atoms with Crippen molar-refractivity contribution in [2.75, 3.05) is 7.11 Å². The lowest BCUT2D eigenvalue weighted by Crippen LogP contribution is -2.34. The molecule has 0 saturated heterocycles. The van der Waals surface area contributed by atoms with Crippen molar-refractivity contribution in [2.45, 2.75) is 45.7 Å². The van der Waals surface area contributed by atoms with E-state index in [-0.39, 0.29) is 5.71 Å². The predicted molar refractivity (Wildman–Crippen MR) is 98.0 cm³/mol. The summed E-state index contributed by atoms with van der Waals surface area (Å²) < 4.78 is 11.4. The van der Waals surface area contributed by atoms with Gasteiger partial charge in [0.25, 0.3) is 0 Å². The molecule has 128 valence electrons. The fourth-order valence-corrected chi connectivity index (χ4v) is 3.33. The molecule has 0 atom stereocenters. The summed E-state index contributed by atoms with van der Waals surface area (Å²) >= 11 is 0. The highest BCUT2D eigenvalue weighted by Crippen LogP contribution is 2.17. The van der Waals surface area contributed by atoms with Crippen LogP contribution >= 0.6 is 0 Å². The lowest BCUT2D eigenvalue weighted by molar-refractivity contribution is -0.127. The molecule has 0 spiro atoms. The van der Waals surface area contributed by atoms with Gasteiger partial charge in [-0.25, -0.2) is 4.79 Å². The van der Waals surface area contributed by atoms with Crippen LogP contribution in [0.1, 0.15) is 5.56 Å². The quantitative estimate of drug-likeness (QED) is 0.425. The molecule has 1 aromatic carbocycles. The van der Waals surface area contributed by atoms with Crippen molar-refractivity contribution in [1.29, 1.82) is 0 Å². The molecule has 0 amide bonds. The van der Waals surface area contributed by atoms with E-state index in [9.17, 15) is 4.79 Å². The standard InChI is InChI=1S/C16H27NO4Si2/c1-19-17-15(16(18)21-23(5,6)7)12-13-8-10-14(11-9-13)20-22(2,3)4/h8-11H,12H2,1-7H3/b17-15-. The molecule has 7 heteroatoms. The number of hydrogen-bond acceptors (Lipinski definition) is 5. The molecule has 0 aliphatic rings. The van der Waals surface area contributed by atoms with Crippen LogP contribution in [0, 0.1) is 0 Å². The van der Waals surface area contributed by atoms with Crippen LogP contribution in [0.2, 0.25) is 39.3 Å². The Morgan fingerprint density at radius 1 is 1.00 bits per heavy atom. The summed E-state index contributed by atoms with van der Waals surface area (Å²) in [4.78, 5) is 17.0. The first-order chi connectivity index (χ1) is 10.5. The third kappa shape index (κ3) is 7.99. The third-order valence-electron chi connectivity index (χ3n) is 2.55. The minimum Gasteiger partial charge on any atom is -0.544 e. The summed E-state index contributed by atoms with van der Waals surface area (Å²) in [6, 6.07) is 7.70. The number of carbonyl (C=O) groups excluding carboxylic acids is 1. The Bertz CT molecular complexity index is 557. The van der Waals surface area contributed by atoms with Gasteiger partial charge < -0.3 is 13.7 Å². The topological polar surface area (TPSA) is 57.1 Å². The zero-order valence-corrected chi connectivity index (χ0v) is 17.1. The number of benzene rings is 1. The summed E-state index contributed by atoms with van der Waals surface area (Å²) in [7, 11) is -2.16. The molecule has 0 aliphatic carbocycles. The Hall–Kier alpha value is -1.61. The Kier molecular flexibility index (Phi) is 6.58. The first-order valence-corrected chi connectivity index (χ1v) is 14.4. The first-order valence-electron chi connectivity index (χ1n) is 7.61. The Morgan fingerprint density at radius 2 is 1.57 bits per heavy atom. The second-order valence-corrected chi connectivity index (χ2v) is 16.1. The van der Waals surface area contributed by atoms with Gasteiger partial charge in [0.15, 0.2) is 5.71 Å². The smallest absolute Gasteiger partial charge is 0.343 e. The van der Waals surface area contributed by atoms with E-state index in [0.29, 0.717) is 6.42 Å². The number of hydrogen-bond donors (Lipinski definition) is 0. The highest BCUT2D eigenvalue weighted by Gasteiger charge is 2.24. The van der Waals surface area contributed by atoms with E-state index in [0.717, 1.165) is 11.3 Å². The second-order valence-electron chi connectivity index (χ2n) is 7.26. The van der Waals surface area contributed by atoms with Crippen molar-refractivity contribution >= 4 is 28.3 Å². The summed E-state index contributed by atoms with van der Waals surface area (Å²) in [5.41, 5.74) is 1.23. The van der Waals surface area contributed by atoms with Crippen LogP contribution in [0.3, 0.4) is 0 Å². The number of rotatable bonds is 7. The molecule has 0 N–H and O–H groups in total. The number of nitrogens with zero attached hydrogens (tertiary/aromatic N) is 1. The van der Waals surface area contributed by atoms with Gasteiger partial charge in [0.05, 0.1) is 0 Å². The average Bonchev–Trinajstić information content (AvgIpc) is 2.36. The Balaban J connectivity index is 2.82. The largest absolute Gasteiger partial charge is 0.544 e. The van der Waals surface area contributed by atoms with Crippen LogP contribution in [0.4, 0.5) is 0 Å². The van der Waals surface area contributed by atoms with Gasteiger partial charge in [-0.2, -0.15) is 0 Å². The fraction of sp³-hybridized carbons (Fsp3) is 0.500. The molecule has 1 aromatic rings. The van der Waals surface area contributed by atoms with Crippen LogP contribution in [-0.4, -0.2) is 35.4 Å². The van der Waals surface area contributed by atoms with Gasteiger partial charge in [0.1, 0.15) is 12.9 Å². The molecular formula is C16H27NO4Si2. The van der Waals surface area contributed by atoms with Gasteiger partial charge in [-0.3, -0.25) is 0 Å². The van der Waals surface area contributed by atoms with Crippen molar-refractivity contribution < 1.29 is 18.5 Å². The minimum absolute atomic E-state index is 0.272. The maximum Gasteiger partial charge on any atom is 0.343 e. The van der Waals surface area contributed by atoms with E-state index in [2.05, 4.69) is 24.8 Å². The maximum atomic E-state index is 12.2. The molecule has 0 heterocycles. The molecular weight excluding hydrogens is 326 g/mol. The maximum absolute atomic E-state index is 12.2. The van der Waals surface area contributed by atoms with Crippen LogP contribution in [0.25, 0.3) is 0 Å². The molecule has 0 fully saturated rings. The van der Waals surface area contributed by atoms with Gasteiger partial charge in [0, 0.05) is 6.42 Å². The number of carbonyl (C=O) groups is 1. The molecule has 0 bridgehead atoms. The highest BCUT2D eigenvalue weighted by molar-refractivity contribution is 6.72. The first kappa shape index (κ1) is 19.4. The van der Waals surface area contributed by atoms with Gasteiger partial charge in [-0.1, -0.05) is 17.3 Å². The lowest BCUT2D eigenvalue weighted by Gasteiger charge is -2.19. The monoisotopic (exact) mass is 353 g/mol. The van der Waals surface area contributed by atoms with Gasteiger partial charge in [-0.15, -0.1) is 0 Å². The van der Waals surface area contributed by atoms with Crippen LogP contribution in [-0.2, 0) is 20.5 Å². The summed E-state index contributed by atoms with van der Waals surface area (Å²) in [5, 5.41) is 3.83. The summed E-state index contributed by atoms with van der Waals surface area (Å²) in [6.45, 7) is 12.3. The van der Waals surface area contributed by atoms with Gasteiger partial charge in [-0.05, 0) is 57.0 Å². The van der Waals surface area contributed by atoms with E-state index in [4.69, 9.17) is 13.7 Å². The molecule has 0 aliphatic heterocycles. The molecule has 5 nitrogen and oxygen atoms in total. The second kappa shape index (κ2) is 7.78. The van der Waals surface area contributed by atoms with Crippen LogP contribution < -0.4 is 4.43 Å². The van der Waals surface area contributed by atoms with Crippen LogP contribution in [0.15, 0.2) is 29.4 Å². The highest BCUT2D eigenvalue weighted by atomic mass is 28.4. The van der Waals surface area contributed by atoms with Gasteiger partial charge >= 0.3 is 5.97 Å². The van der Waals surface area contributed by atoms with Crippen molar-refractivity contribution in [3.8, 4) is 5.75 Å². The SMILES string of the molecule is CO/N=C(/Cc1ccc(O[Si](C)(C)C)cc1)C(=O)O[Si](C)(C)C. The van der Waals surface area contributed by atoms with Crippen molar-refractivity contribution in [2.24, 2.45) is 5.16 Å². The molecule has 0 radical (unpaired) electrons. The molecule has 0 saturated carbocycles. The number of oxime groups is 1. The lowest BCUT2D eigenvalue weighted by atomic mass is 10.1. The van der Waals surface area contributed by atoms with E-state index in [1.807, 2.05) is 43.9 Å². The van der Waals surface area contributed by atoms with E-state index in [1.165, 1.54) is 7.11 Å². The van der Waals surface area contributed by atoms with E-state index >= 15 is 0 Å². The molecule has 0 aromatic heterocycles. The minimum atomic E-state index is -1.97. The Labute approximate surface area is 140 Å². The van der Waals surface area contributed by atoms with Crippen LogP contribution in [0.5, 0.6) is 5.75 Å². The molecule has 1 rings (SSSR count). The normalized spacial score (nSPS) is 12.7. The van der Waals surface area contributed by atoms with Gasteiger partial charge in [0.2, 0.25) is 16.6 Å². The summed E-state index contributed by atoms with van der Waals surface area (Å²) in [6.07, 6.45) is 0.365. The third-order valence-corrected chi connectivity index (χ3v) is 4.20. The summed E-state index contributed by atoms with van der Waals surface area (Å²) in [5.74, 6) is 0.441. The van der Waals surface area contributed by atoms with Crippen molar-refractivity contribution in [3.63, 3.8) is 0 Å². The fourth-order valence-electron chi connectivity index (χ4n) is 1.81. The average molecular weight is 354 g/mol. The molecule has 23 heavy (non-hydrogen) atoms. The predicted octanol–water partition coefficient (Wildman–Crippen LogP) is 3.82. The zero-order chi connectivity index (χ0) is 17.7. The van der Waals surface area contributed by atoms with Crippen molar-refractivity contribution in [3.05, 3.63) is 29.8 Å². The van der Waals surface area contributed by atoms with E-state index < -0.39 is 22.6 Å². The van der Waals surface area contributed by atoms with Crippen molar-refractivity contribution in [1.82, 2.24) is 0 Å². The Morgan fingerprint density at radius 3 is 2.00 bits per heavy atom. The molecule has 0 unspecified atom stereocenters.